The summed E-state index contributed by atoms with van der Waals surface area (Å²) < 4.78 is 16.8. The second-order valence-electron chi connectivity index (χ2n) is 6.66. The molecule has 1 atom stereocenters. The average Bonchev–Trinajstić information content (AvgIpc) is 2.99. The number of carbonyl (C=O) groups is 2. The lowest BCUT2D eigenvalue weighted by atomic mass is 10.1. The van der Waals surface area contributed by atoms with Crippen LogP contribution in [0.15, 0.2) is 34.8 Å². The van der Waals surface area contributed by atoms with Crippen LogP contribution in [0, 0.1) is 13.8 Å². The summed E-state index contributed by atoms with van der Waals surface area (Å²) in [5.74, 6) is 2.04. The summed E-state index contributed by atoms with van der Waals surface area (Å²) in [5.41, 5.74) is 1.34. The fourth-order valence-corrected chi connectivity index (χ4v) is 2.74. The van der Waals surface area contributed by atoms with Gasteiger partial charge < -0.3 is 18.8 Å². The highest BCUT2D eigenvalue weighted by Crippen LogP contribution is 2.30. The number of hydrogen-bond donors (Lipinski definition) is 0. The molecule has 0 N–H and O–H groups in total. The van der Waals surface area contributed by atoms with Gasteiger partial charge in [-0.25, -0.2) is 0 Å². The highest BCUT2D eigenvalue weighted by molar-refractivity contribution is 6.07. The Morgan fingerprint density at radius 2 is 1.89 bits per heavy atom. The molecule has 1 aromatic heterocycles. The maximum atomic E-state index is 12.4. The molecule has 0 radical (unpaired) electrons. The molecule has 2 aromatic rings. The number of nitrogens with zero attached hydrogens (tertiary/aromatic N) is 1. The van der Waals surface area contributed by atoms with E-state index in [9.17, 15) is 9.59 Å². The highest BCUT2D eigenvalue weighted by Gasteiger charge is 2.18. The maximum absolute atomic E-state index is 12.4. The molecule has 150 valence electrons. The molecule has 0 saturated carbocycles. The fourth-order valence-electron chi connectivity index (χ4n) is 2.74. The second kappa shape index (κ2) is 9.26. The van der Waals surface area contributed by atoms with Crippen molar-refractivity contribution in [2.45, 2.75) is 33.8 Å². The van der Waals surface area contributed by atoms with Crippen molar-refractivity contribution in [3.63, 3.8) is 0 Å². The number of hydrogen-bond acceptors (Lipinski definition) is 5. The first kappa shape index (κ1) is 21.3. The van der Waals surface area contributed by atoms with Gasteiger partial charge in [0.15, 0.2) is 23.4 Å². The van der Waals surface area contributed by atoms with Crippen LogP contribution in [0.3, 0.4) is 0 Å². The zero-order chi connectivity index (χ0) is 20.8. The lowest BCUT2D eigenvalue weighted by Crippen LogP contribution is -2.35. The molecule has 6 nitrogen and oxygen atoms in total. The molecule has 0 fully saturated rings. The maximum Gasteiger partial charge on any atom is 0.262 e. The van der Waals surface area contributed by atoms with Gasteiger partial charge in [0.25, 0.3) is 5.91 Å². The van der Waals surface area contributed by atoms with Crippen LogP contribution in [0.1, 0.15) is 41.3 Å². The lowest BCUT2D eigenvalue weighted by molar-refractivity contribution is -0.135. The summed E-state index contributed by atoms with van der Waals surface area (Å²) in [5, 5.41) is 0. The van der Waals surface area contributed by atoms with Gasteiger partial charge in [-0.1, -0.05) is 12.1 Å². The molecule has 0 aliphatic rings. The number of furan rings is 1. The molecule has 0 aliphatic carbocycles. The number of ketones is 1. The first-order valence-electron chi connectivity index (χ1n) is 9.17. The summed E-state index contributed by atoms with van der Waals surface area (Å²) in [6.45, 7) is 7.59. The number of rotatable bonds is 8. The Labute approximate surface area is 165 Å². The largest absolute Gasteiger partial charge is 0.490 e. The Bertz CT molecular complexity index is 879. The van der Waals surface area contributed by atoms with E-state index in [1.54, 1.807) is 52.2 Å². The quantitative estimate of drug-likeness (QED) is 0.507. The minimum atomic E-state index is -0.635. The second-order valence-corrected chi connectivity index (χ2v) is 6.66. The van der Waals surface area contributed by atoms with Gasteiger partial charge in [-0.2, -0.15) is 0 Å². The first-order chi connectivity index (χ1) is 13.2. The Kier molecular flexibility index (Phi) is 7.04. The van der Waals surface area contributed by atoms with Crippen LogP contribution < -0.4 is 9.47 Å². The molecule has 1 heterocycles. The van der Waals surface area contributed by atoms with Crippen molar-refractivity contribution in [2.75, 3.05) is 20.7 Å². The summed E-state index contributed by atoms with van der Waals surface area (Å²) in [6, 6.07) is 7.06. The van der Waals surface area contributed by atoms with Gasteiger partial charge >= 0.3 is 0 Å². The normalized spacial score (nSPS) is 12.1. The molecule has 1 amide bonds. The first-order valence-corrected chi connectivity index (χ1v) is 9.17. The third-order valence-corrected chi connectivity index (χ3v) is 4.09. The molecule has 6 heteroatoms. The summed E-state index contributed by atoms with van der Waals surface area (Å²) in [7, 11) is 3.36. The van der Waals surface area contributed by atoms with Crippen molar-refractivity contribution in [3.8, 4) is 11.5 Å². The van der Waals surface area contributed by atoms with Gasteiger partial charge in [0.2, 0.25) is 0 Å². The Morgan fingerprint density at radius 3 is 2.46 bits per heavy atom. The van der Waals surface area contributed by atoms with Crippen LogP contribution in [0.25, 0.3) is 6.08 Å². The SMILES string of the molecule is CCOc1cc(/C=C/C(=O)c2cc(C)oc2C)ccc1O[C@@H](C)C(=O)N(C)C. The Hall–Kier alpha value is -3.02. The van der Waals surface area contributed by atoms with Crippen LogP contribution in [-0.2, 0) is 4.79 Å². The van der Waals surface area contributed by atoms with Crippen molar-refractivity contribution >= 4 is 17.8 Å². The third-order valence-electron chi connectivity index (χ3n) is 4.09. The number of likely N-dealkylation sites (N-methyl/N-ethyl adjacent to an activating group) is 1. The van der Waals surface area contributed by atoms with E-state index in [0.29, 0.717) is 35.2 Å². The Morgan fingerprint density at radius 1 is 1.18 bits per heavy atom. The standard InChI is InChI=1S/C22H27NO5/c1-7-26-21-13-17(8-10-19(24)18-12-14(2)27-15(18)3)9-11-20(21)28-16(4)22(25)23(5)6/h8-13,16H,7H2,1-6H3/b10-8+/t16-/m0/s1. The summed E-state index contributed by atoms with van der Waals surface area (Å²) in [6.07, 6.45) is 2.58. The fraction of sp³-hybridized carbons (Fsp3) is 0.364. The van der Waals surface area contributed by atoms with E-state index in [1.165, 1.54) is 11.0 Å². The molecule has 0 saturated heterocycles. The molecule has 0 spiro atoms. The summed E-state index contributed by atoms with van der Waals surface area (Å²) >= 11 is 0. The van der Waals surface area contributed by atoms with Gasteiger partial charge in [0.05, 0.1) is 12.2 Å². The monoisotopic (exact) mass is 385 g/mol. The molecule has 28 heavy (non-hydrogen) atoms. The zero-order valence-corrected chi connectivity index (χ0v) is 17.2. The van der Waals surface area contributed by atoms with Crippen LogP contribution in [-0.4, -0.2) is 43.4 Å². The number of benzene rings is 1. The lowest BCUT2D eigenvalue weighted by Gasteiger charge is -2.20. The average molecular weight is 385 g/mol. The number of carbonyl (C=O) groups excluding carboxylic acids is 2. The van der Waals surface area contributed by atoms with Crippen molar-refractivity contribution < 1.29 is 23.5 Å². The predicted molar refractivity (Wildman–Crippen MR) is 108 cm³/mol. The van der Waals surface area contributed by atoms with E-state index in [0.717, 1.165) is 5.56 Å². The van der Waals surface area contributed by atoms with Gasteiger partial charge in [0.1, 0.15) is 11.5 Å². The van der Waals surface area contributed by atoms with Crippen LogP contribution in [0.4, 0.5) is 0 Å². The van der Waals surface area contributed by atoms with Crippen LogP contribution in [0.5, 0.6) is 11.5 Å². The molecule has 0 bridgehead atoms. The van der Waals surface area contributed by atoms with Crippen LogP contribution in [0.2, 0.25) is 0 Å². The number of allylic oxidation sites excluding steroid dienone is 1. The minimum Gasteiger partial charge on any atom is -0.490 e. The third kappa shape index (κ3) is 5.25. The number of amides is 1. The predicted octanol–water partition coefficient (Wildman–Crippen LogP) is 4.05. The van der Waals surface area contributed by atoms with Crippen molar-refractivity contribution in [3.05, 3.63) is 53.0 Å². The molecule has 1 aromatic carbocycles. The van der Waals surface area contributed by atoms with Crippen LogP contribution >= 0.6 is 0 Å². The van der Waals surface area contributed by atoms with E-state index >= 15 is 0 Å². The minimum absolute atomic E-state index is 0.127. The van der Waals surface area contributed by atoms with Gasteiger partial charge in [-0.05, 0) is 57.5 Å². The van der Waals surface area contributed by atoms with Crippen molar-refractivity contribution in [1.82, 2.24) is 4.90 Å². The molecule has 0 aliphatic heterocycles. The molecule has 0 unspecified atom stereocenters. The van der Waals surface area contributed by atoms with Gasteiger partial charge in [0, 0.05) is 14.1 Å². The van der Waals surface area contributed by atoms with E-state index in [-0.39, 0.29) is 11.7 Å². The van der Waals surface area contributed by atoms with E-state index in [4.69, 9.17) is 13.9 Å². The van der Waals surface area contributed by atoms with E-state index in [2.05, 4.69) is 0 Å². The van der Waals surface area contributed by atoms with Crippen molar-refractivity contribution in [2.24, 2.45) is 0 Å². The number of ether oxygens (including phenoxy) is 2. The topological polar surface area (TPSA) is 69.0 Å². The van der Waals surface area contributed by atoms with Crippen molar-refractivity contribution in [1.29, 1.82) is 0 Å². The molecular formula is C22H27NO5. The van der Waals surface area contributed by atoms with Gasteiger partial charge in [-0.3, -0.25) is 9.59 Å². The van der Waals surface area contributed by atoms with Gasteiger partial charge in [-0.15, -0.1) is 0 Å². The van der Waals surface area contributed by atoms with E-state index in [1.807, 2.05) is 19.9 Å². The molecular weight excluding hydrogens is 358 g/mol. The highest BCUT2D eigenvalue weighted by atomic mass is 16.5. The van der Waals surface area contributed by atoms with E-state index < -0.39 is 6.10 Å². The number of aryl methyl sites for hydroxylation is 2. The summed E-state index contributed by atoms with van der Waals surface area (Å²) in [4.78, 5) is 25.9. The smallest absolute Gasteiger partial charge is 0.262 e. The molecule has 2 rings (SSSR count). The Balaban J connectivity index is 2.20. The zero-order valence-electron chi connectivity index (χ0n) is 17.2.